The van der Waals surface area contributed by atoms with Gasteiger partial charge in [-0.25, -0.2) is 0 Å². The highest BCUT2D eigenvalue weighted by atomic mass is 16.5. The maximum Gasteiger partial charge on any atom is 0.220 e. The van der Waals surface area contributed by atoms with Crippen LogP contribution in [0.3, 0.4) is 0 Å². The predicted molar refractivity (Wildman–Crippen MR) is 76.1 cm³/mol. The van der Waals surface area contributed by atoms with E-state index in [9.17, 15) is 4.79 Å². The van der Waals surface area contributed by atoms with Crippen LogP contribution < -0.4 is 15.8 Å². The summed E-state index contributed by atoms with van der Waals surface area (Å²) in [7, 11) is 0. The van der Waals surface area contributed by atoms with E-state index in [2.05, 4.69) is 5.32 Å². The quantitative estimate of drug-likeness (QED) is 0.600. The standard InChI is InChI=1S/C15H18N2O3/c16-13-6-1-2-7-14(13)20-10-4-8-15(18)17-11-12-5-3-9-19-12/h1-3,5-7,9H,4,8,10-11,16H2,(H,17,18). The lowest BCUT2D eigenvalue weighted by atomic mass is 10.3. The Balaban J connectivity index is 1.61. The Hall–Kier alpha value is -2.43. The third-order valence-corrected chi connectivity index (χ3v) is 2.76. The monoisotopic (exact) mass is 274 g/mol. The number of amides is 1. The average Bonchev–Trinajstić information content (AvgIpc) is 2.96. The number of furan rings is 1. The molecule has 0 atom stereocenters. The van der Waals surface area contributed by atoms with Crippen LogP contribution in [0, 0.1) is 0 Å². The summed E-state index contributed by atoms with van der Waals surface area (Å²) in [6.45, 7) is 0.876. The molecule has 1 heterocycles. The van der Waals surface area contributed by atoms with Crippen molar-refractivity contribution in [1.82, 2.24) is 5.32 Å². The SMILES string of the molecule is Nc1ccccc1OCCCC(=O)NCc1ccco1. The first-order chi connectivity index (χ1) is 9.75. The van der Waals surface area contributed by atoms with E-state index in [1.165, 1.54) is 0 Å². The molecule has 0 saturated heterocycles. The zero-order valence-electron chi connectivity index (χ0n) is 11.2. The van der Waals surface area contributed by atoms with Gasteiger partial charge in [0.25, 0.3) is 0 Å². The zero-order valence-corrected chi connectivity index (χ0v) is 11.2. The number of ether oxygens (including phenoxy) is 1. The highest BCUT2D eigenvalue weighted by molar-refractivity contribution is 5.75. The molecule has 20 heavy (non-hydrogen) atoms. The lowest BCUT2D eigenvalue weighted by molar-refractivity contribution is -0.121. The summed E-state index contributed by atoms with van der Waals surface area (Å²) >= 11 is 0. The van der Waals surface area contributed by atoms with Gasteiger partial charge in [0.15, 0.2) is 0 Å². The van der Waals surface area contributed by atoms with Crippen molar-refractivity contribution >= 4 is 11.6 Å². The maximum atomic E-state index is 11.6. The molecule has 0 radical (unpaired) electrons. The van der Waals surface area contributed by atoms with Crippen molar-refractivity contribution in [2.24, 2.45) is 0 Å². The van der Waals surface area contributed by atoms with Crippen LogP contribution in [0.25, 0.3) is 0 Å². The summed E-state index contributed by atoms with van der Waals surface area (Å²) in [6.07, 6.45) is 2.63. The van der Waals surface area contributed by atoms with E-state index in [4.69, 9.17) is 14.9 Å². The van der Waals surface area contributed by atoms with Gasteiger partial charge in [0.1, 0.15) is 11.5 Å². The van der Waals surface area contributed by atoms with E-state index in [1.807, 2.05) is 24.3 Å². The number of para-hydroxylation sites is 2. The van der Waals surface area contributed by atoms with Crippen LogP contribution in [0.4, 0.5) is 5.69 Å². The van der Waals surface area contributed by atoms with Gasteiger partial charge in [0.2, 0.25) is 5.91 Å². The van der Waals surface area contributed by atoms with Gasteiger partial charge in [-0.2, -0.15) is 0 Å². The number of hydrogen-bond acceptors (Lipinski definition) is 4. The van der Waals surface area contributed by atoms with Crippen molar-refractivity contribution in [1.29, 1.82) is 0 Å². The van der Waals surface area contributed by atoms with Crippen molar-refractivity contribution in [3.05, 3.63) is 48.4 Å². The maximum absolute atomic E-state index is 11.6. The molecule has 0 aliphatic carbocycles. The number of anilines is 1. The molecule has 5 nitrogen and oxygen atoms in total. The van der Waals surface area contributed by atoms with E-state index < -0.39 is 0 Å². The highest BCUT2D eigenvalue weighted by Gasteiger charge is 2.03. The Morgan fingerprint density at radius 3 is 2.85 bits per heavy atom. The van der Waals surface area contributed by atoms with E-state index in [1.54, 1.807) is 18.4 Å². The van der Waals surface area contributed by atoms with E-state index in [0.29, 0.717) is 37.4 Å². The molecule has 2 rings (SSSR count). The van der Waals surface area contributed by atoms with E-state index >= 15 is 0 Å². The number of rotatable bonds is 7. The molecule has 2 aromatic rings. The Kier molecular flexibility index (Phi) is 5.06. The minimum Gasteiger partial charge on any atom is -0.491 e. The fraction of sp³-hybridized carbons (Fsp3) is 0.267. The Bertz CT molecular complexity index is 538. The molecule has 106 valence electrons. The van der Waals surface area contributed by atoms with Crippen molar-refractivity contribution in [2.75, 3.05) is 12.3 Å². The van der Waals surface area contributed by atoms with Crippen LogP contribution in [0.15, 0.2) is 47.1 Å². The van der Waals surface area contributed by atoms with Crippen LogP contribution in [-0.2, 0) is 11.3 Å². The zero-order chi connectivity index (χ0) is 14.2. The van der Waals surface area contributed by atoms with Gasteiger partial charge >= 0.3 is 0 Å². The first-order valence-electron chi connectivity index (χ1n) is 6.52. The second-order valence-electron chi connectivity index (χ2n) is 4.35. The molecule has 0 aliphatic rings. The largest absolute Gasteiger partial charge is 0.491 e. The molecule has 1 aromatic carbocycles. The summed E-state index contributed by atoms with van der Waals surface area (Å²) in [4.78, 5) is 11.6. The third-order valence-electron chi connectivity index (χ3n) is 2.76. The number of carbonyl (C=O) groups is 1. The Morgan fingerprint density at radius 2 is 2.10 bits per heavy atom. The molecule has 0 unspecified atom stereocenters. The first kappa shape index (κ1) is 14.0. The minimum absolute atomic E-state index is 0.0222. The molecular formula is C15H18N2O3. The second-order valence-corrected chi connectivity index (χ2v) is 4.35. The third kappa shape index (κ3) is 4.35. The molecule has 1 amide bonds. The van der Waals surface area contributed by atoms with Crippen molar-refractivity contribution in [2.45, 2.75) is 19.4 Å². The number of carbonyl (C=O) groups excluding carboxylic acids is 1. The number of hydrogen-bond donors (Lipinski definition) is 2. The second kappa shape index (κ2) is 7.23. The van der Waals surface area contributed by atoms with Gasteiger partial charge in [0, 0.05) is 6.42 Å². The molecule has 0 fully saturated rings. The smallest absolute Gasteiger partial charge is 0.220 e. The van der Waals surface area contributed by atoms with Crippen LogP contribution in [0.5, 0.6) is 5.75 Å². The predicted octanol–water partition coefficient (Wildman–Crippen LogP) is 2.34. The number of benzene rings is 1. The molecule has 0 spiro atoms. The van der Waals surface area contributed by atoms with Gasteiger partial charge in [-0.05, 0) is 30.7 Å². The molecular weight excluding hydrogens is 256 g/mol. The van der Waals surface area contributed by atoms with Crippen molar-refractivity contribution in [3.63, 3.8) is 0 Å². The summed E-state index contributed by atoms with van der Waals surface area (Å²) in [5.41, 5.74) is 6.36. The molecule has 5 heteroatoms. The number of nitrogen functional groups attached to an aromatic ring is 1. The van der Waals surface area contributed by atoms with Crippen LogP contribution in [-0.4, -0.2) is 12.5 Å². The topological polar surface area (TPSA) is 77.5 Å². The molecule has 1 aromatic heterocycles. The van der Waals surface area contributed by atoms with Gasteiger partial charge < -0.3 is 20.2 Å². The Morgan fingerprint density at radius 1 is 1.25 bits per heavy atom. The lowest BCUT2D eigenvalue weighted by Crippen LogP contribution is -2.22. The fourth-order valence-electron chi connectivity index (χ4n) is 1.71. The summed E-state index contributed by atoms with van der Waals surface area (Å²) in [6, 6.07) is 10.9. The van der Waals surface area contributed by atoms with Gasteiger partial charge in [-0.15, -0.1) is 0 Å². The minimum atomic E-state index is -0.0222. The summed E-state index contributed by atoms with van der Waals surface area (Å²) < 4.78 is 10.6. The van der Waals surface area contributed by atoms with Crippen LogP contribution in [0.1, 0.15) is 18.6 Å². The molecule has 0 bridgehead atoms. The first-order valence-corrected chi connectivity index (χ1v) is 6.52. The fourth-order valence-corrected chi connectivity index (χ4v) is 1.71. The summed E-state index contributed by atoms with van der Waals surface area (Å²) in [5, 5.41) is 2.78. The number of nitrogens with two attached hydrogens (primary N) is 1. The highest BCUT2D eigenvalue weighted by Crippen LogP contribution is 2.19. The average molecular weight is 274 g/mol. The Labute approximate surface area is 117 Å². The van der Waals surface area contributed by atoms with E-state index in [-0.39, 0.29) is 5.91 Å². The van der Waals surface area contributed by atoms with Gasteiger partial charge in [0.05, 0.1) is 25.1 Å². The van der Waals surface area contributed by atoms with Crippen molar-refractivity contribution < 1.29 is 13.9 Å². The van der Waals surface area contributed by atoms with Gasteiger partial charge in [-0.1, -0.05) is 12.1 Å². The van der Waals surface area contributed by atoms with E-state index in [0.717, 1.165) is 5.76 Å². The lowest BCUT2D eigenvalue weighted by Gasteiger charge is -2.08. The molecule has 0 aliphatic heterocycles. The molecule has 3 N–H and O–H groups in total. The van der Waals surface area contributed by atoms with Gasteiger partial charge in [-0.3, -0.25) is 4.79 Å². The van der Waals surface area contributed by atoms with Crippen molar-refractivity contribution in [3.8, 4) is 5.75 Å². The summed E-state index contributed by atoms with van der Waals surface area (Å²) in [5.74, 6) is 1.38. The normalized spacial score (nSPS) is 10.2. The van der Waals surface area contributed by atoms with Crippen LogP contribution >= 0.6 is 0 Å². The molecule has 0 saturated carbocycles. The van der Waals surface area contributed by atoms with Crippen LogP contribution in [0.2, 0.25) is 0 Å². The number of nitrogens with one attached hydrogen (secondary N) is 1.